The van der Waals surface area contributed by atoms with Crippen LogP contribution in [-0.4, -0.2) is 10.9 Å². The number of phenols is 1. The zero-order valence-electron chi connectivity index (χ0n) is 10.9. The first-order valence-corrected chi connectivity index (χ1v) is 6.58. The number of carbonyl (C=O) groups excluding carboxylic acids is 1. The molecule has 0 amide bonds. The Morgan fingerprint density at radius 3 is 2.63 bits per heavy atom. The maximum atomic E-state index is 12.1. The first-order chi connectivity index (χ1) is 9.16. The van der Waals surface area contributed by atoms with Crippen molar-refractivity contribution in [2.24, 2.45) is 5.92 Å². The monoisotopic (exact) mass is 252 g/mol. The fraction of sp³-hybridized carbons (Fsp3) is 0.235. The lowest BCUT2D eigenvalue weighted by atomic mass is 9.96. The van der Waals surface area contributed by atoms with E-state index in [9.17, 15) is 9.90 Å². The normalized spacial score (nSPS) is 17.5. The molecule has 96 valence electrons. The van der Waals surface area contributed by atoms with Gasteiger partial charge in [0, 0.05) is 5.92 Å². The predicted molar refractivity (Wildman–Crippen MR) is 74.6 cm³/mol. The van der Waals surface area contributed by atoms with Crippen molar-refractivity contribution in [3.05, 3.63) is 64.7 Å². The SMILES string of the molecule is CC1Cc2c(Cc3ccccc3)ccc(O)c2C1=O. The van der Waals surface area contributed by atoms with Gasteiger partial charge in [0.15, 0.2) is 5.78 Å². The number of Topliss-reactive ketones (excluding diaryl/α,β-unsaturated/α-hetero) is 1. The number of phenolic OH excluding ortho intramolecular Hbond substituents is 1. The fourth-order valence-electron chi connectivity index (χ4n) is 2.81. The van der Waals surface area contributed by atoms with Gasteiger partial charge in [-0.3, -0.25) is 4.79 Å². The summed E-state index contributed by atoms with van der Waals surface area (Å²) < 4.78 is 0. The van der Waals surface area contributed by atoms with Crippen LogP contribution in [0.15, 0.2) is 42.5 Å². The van der Waals surface area contributed by atoms with Crippen LogP contribution in [-0.2, 0) is 12.8 Å². The van der Waals surface area contributed by atoms with Crippen molar-refractivity contribution in [3.8, 4) is 5.75 Å². The molecule has 1 aliphatic carbocycles. The average molecular weight is 252 g/mol. The summed E-state index contributed by atoms with van der Waals surface area (Å²) >= 11 is 0. The van der Waals surface area contributed by atoms with E-state index < -0.39 is 0 Å². The molecule has 2 aromatic rings. The number of ketones is 1. The molecule has 1 unspecified atom stereocenters. The molecule has 0 heterocycles. The Bertz CT molecular complexity index is 629. The molecule has 0 aromatic heterocycles. The number of fused-ring (bicyclic) bond motifs is 1. The number of hydrogen-bond donors (Lipinski definition) is 1. The van der Waals surface area contributed by atoms with Gasteiger partial charge in [0.2, 0.25) is 0 Å². The maximum Gasteiger partial charge on any atom is 0.170 e. The van der Waals surface area contributed by atoms with E-state index >= 15 is 0 Å². The number of benzene rings is 2. The molecule has 0 bridgehead atoms. The predicted octanol–water partition coefficient (Wildman–Crippen LogP) is 3.36. The quantitative estimate of drug-likeness (QED) is 0.889. The second-order valence-electron chi connectivity index (χ2n) is 5.23. The molecule has 2 nitrogen and oxygen atoms in total. The van der Waals surface area contributed by atoms with Gasteiger partial charge in [-0.15, -0.1) is 0 Å². The van der Waals surface area contributed by atoms with E-state index in [-0.39, 0.29) is 17.5 Å². The van der Waals surface area contributed by atoms with Crippen LogP contribution < -0.4 is 0 Å². The lowest BCUT2D eigenvalue weighted by Gasteiger charge is -2.09. The number of hydrogen-bond acceptors (Lipinski definition) is 2. The van der Waals surface area contributed by atoms with Crippen molar-refractivity contribution >= 4 is 5.78 Å². The summed E-state index contributed by atoms with van der Waals surface area (Å²) in [5.74, 6) is 0.182. The molecular formula is C17H16O2. The molecule has 0 radical (unpaired) electrons. The van der Waals surface area contributed by atoms with Crippen molar-refractivity contribution in [1.29, 1.82) is 0 Å². The summed E-state index contributed by atoms with van der Waals surface area (Å²) in [5.41, 5.74) is 3.95. The second kappa shape index (κ2) is 4.54. The average Bonchev–Trinajstić information content (AvgIpc) is 2.72. The molecule has 0 spiro atoms. The van der Waals surface area contributed by atoms with Crippen LogP contribution in [0.4, 0.5) is 0 Å². The zero-order chi connectivity index (χ0) is 13.4. The molecule has 0 fully saturated rings. The Hall–Kier alpha value is -2.09. The molecule has 1 N–H and O–H groups in total. The Balaban J connectivity index is 2.03. The molecule has 19 heavy (non-hydrogen) atoms. The van der Waals surface area contributed by atoms with Gasteiger partial charge in [-0.2, -0.15) is 0 Å². The van der Waals surface area contributed by atoms with E-state index in [1.807, 2.05) is 31.2 Å². The summed E-state index contributed by atoms with van der Waals surface area (Å²) in [6, 6.07) is 13.8. The van der Waals surface area contributed by atoms with Gasteiger partial charge < -0.3 is 5.11 Å². The van der Waals surface area contributed by atoms with Gasteiger partial charge in [-0.05, 0) is 35.6 Å². The highest BCUT2D eigenvalue weighted by Crippen LogP contribution is 2.36. The van der Waals surface area contributed by atoms with Gasteiger partial charge in [0.25, 0.3) is 0 Å². The van der Waals surface area contributed by atoms with Crippen molar-refractivity contribution < 1.29 is 9.90 Å². The van der Waals surface area contributed by atoms with Crippen molar-refractivity contribution in [1.82, 2.24) is 0 Å². The first kappa shape index (κ1) is 12.0. The van der Waals surface area contributed by atoms with E-state index in [0.717, 1.165) is 24.0 Å². The molecule has 3 rings (SSSR count). The standard InChI is InChI=1S/C17H16O2/c1-11-9-14-13(10-12-5-3-2-4-6-12)7-8-15(18)16(14)17(11)19/h2-8,11,18H,9-10H2,1H3. The topological polar surface area (TPSA) is 37.3 Å². The third-order valence-electron chi connectivity index (χ3n) is 3.83. The van der Waals surface area contributed by atoms with E-state index in [2.05, 4.69) is 12.1 Å². The largest absolute Gasteiger partial charge is 0.507 e. The Morgan fingerprint density at radius 1 is 1.16 bits per heavy atom. The molecular weight excluding hydrogens is 236 g/mol. The lowest BCUT2D eigenvalue weighted by molar-refractivity contribution is 0.0944. The van der Waals surface area contributed by atoms with E-state index in [1.54, 1.807) is 6.07 Å². The number of aromatic hydroxyl groups is 1. The summed E-state index contributed by atoms with van der Waals surface area (Å²) in [6.45, 7) is 1.92. The van der Waals surface area contributed by atoms with Gasteiger partial charge in [0.1, 0.15) is 5.75 Å². The van der Waals surface area contributed by atoms with Gasteiger partial charge in [-0.25, -0.2) is 0 Å². The summed E-state index contributed by atoms with van der Waals surface area (Å²) in [5, 5.41) is 9.89. The fourth-order valence-corrected chi connectivity index (χ4v) is 2.81. The minimum absolute atomic E-state index is 0.0159. The van der Waals surface area contributed by atoms with Crippen LogP contribution in [0.1, 0.15) is 34.0 Å². The maximum absolute atomic E-state index is 12.1. The van der Waals surface area contributed by atoms with Crippen LogP contribution in [0.25, 0.3) is 0 Å². The second-order valence-corrected chi connectivity index (χ2v) is 5.23. The van der Waals surface area contributed by atoms with Crippen LogP contribution in [0.5, 0.6) is 5.75 Å². The van der Waals surface area contributed by atoms with E-state index in [1.165, 1.54) is 5.56 Å². The molecule has 0 saturated carbocycles. The summed E-state index contributed by atoms with van der Waals surface area (Å²) in [6.07, 6.45) is 1.55. The van der Waals surface area contributed by atoms with Gasteiger partial charge in [0.05, 0.1) is 5.56 Å². The third-order valence-corrected chi connectivity index (χ3v) is 3.83. The Morgan fingerprint density at radius 2 is 1.89 bits per heavy atom. The summed E-state index contributed by atoms with van der Waals surface area (Å²) in [7, 11) is 0. The van der Waals surface area contributed by atoms with E-state index in [4.69, 9.17) is 0 Å². The van der Waals surface area contributed by atoms with Crippen molar-refractivity contribution in [3.63, 3.8) is 0 Å². The molecule has 2 aromatic carbocycles. The molecule has 0 saturated heterocycles. The highest BCUT2D eigenvalue weighted by molar-refractivity contribution is 6.04. The van der Waals surface area contributed by atoms with Gasteiger partial charge >= 0.3 is 0 Å². The minimum atomic E-state index is -0.0159. The molecule has 1 aliphatic rings. The van der Waals surface area contributed by atoms with Crippen molar-refractivity contribution in [2.75, 3.05) is 0 Å². The van der Waals surface area contributed by atoms with Gasteiger partial charge in [-0.1, -0.05) is 43.3 Å². The highest BCUT2D eigenvalue weighted by atomic mass is 16.3. The molecule has 0 aliphatic heterocycles. The molecule has 2 heteroatoms. The number of carbonyl (C=O) groups is 1. The highest BCUT2D eigenvalue weighted by Gasteiger charge is 2.31. The Kier molecular flexibility index (Phi) is 2.86. The van der Waals surface area contributed by atoms with Crippen LogP contribution >= 0.6 is 0 Å². The van der Waals surface area contributed by atoms with Crippen LogP contribution in [0, 0.1) is 5.92 Å². The van der Waals surface area contributed by atoms with E-state index in [0.29, 0.717) is 5.56 Å². The minimum Gasteiger partial charge on any atom is -0.507 e. The summed E-state index contributed by atoms with van der Waals surface area (Å²) in [4.78, 5) is 12.1. The zero-order valence-corrected chi connectivity index (χ0v) is 10.9. The third kappa shape index (κ3) is 2.03. The lowest BCUT2D eigenvalue weighted by Crippen LogP contribution is -2.03. The Labute approximate surface area is 112 Å². The first-order valence-electron chi connectivity index (χ1n) is 6.58. The number of rotatable bonds is 2. The smallest absolute Gasteiger partial charge is 0.170 e. The van der Waals surface area contributed by atoms with Crippen molar-refractivity contribution in [2.45, 2.75) is 19.8 Å². The van der Waals surface area contributed by atoms with Crippen LogP contribution in [0.3, 0.4) is 0 Å². The molecule has 1 atom stereocenters. The van der Waals surface area contributed by atoms with Crippen LogP contribution in [0.2, 0.25) is 0 Å².